The summed E-state index contributed by atoms with van der Waals surface area (Å²) in [6.07, 6.45) is 3.29. The van der Waals surface area contributed by atoms with E-state index in [2.05, 4.69) is 10.2 Å². The van der Waals surface area contributed by atoms with Crippen molar-refractivity contribution in [2.24, 2.45) is 5.73 Å². The van der Waals surface area contributed by atoms with Gasteiger partial charge in [-0.2, -0.15) is 0 Å². The second-order valence-electron chi connectivity index (χ2n) is 5.33. The van der Waals surface area contributed by atoms with Gasteiger partial charge in [0.2, 0.25) is 0 Å². The zero-order valence-electron chi connectivity index (χ0n) is 11.9. The molecule has 8 heteroatoms. The maximum Gasteiger partial charge on any atom is 0.451 e. The Kier molecular flexibility index (Phi) is 8.09. The van der Waals surface area contributed by atoms with Crippen LogP contribution in [0.25, 0.3) is 0 Å². The minimum Gasteiger partial charge on any atom is -0.480 e. The van der Waals surface area contributed by atoms with Crippen LogP contribution in [0.3, 0.4) is 0 Å². The van der Waals surface area contributed by atoms with Gasteiger partial charge < -0.3 is 26.2 Å². The third-order valence-corrected chi connectivity index (χ3v) is 3.77. The molecule has 0 bridgehead atoms. The Morgan fingerprint density at radius 3 is 2.80 bits per heavy atom. The molecule has 1 aliphatic rings. The lowest BCUT2D eigenvalue weighted by Crippen LogP contribution is -2.51. The number of rotatable bonds is 7. The number of carboxylic acids is 1. The molecule has 20 heavy (non-hydrogen) atoms. The van der Waals surface area contributed by atoms with E-state index in [4.69, 9.17) is 20.9 Å². The normalized spacial score (nSPS) is 24.9. The number of carbonyl (C=O) groups is 1. The number of hydrogen-bond donors (Lipinski definition) is 5. The van der Waals surface area contributed by atoms with E-state index in [9.17, 15) is 4.79 Å². The van der Waals surface area contributed by atoms with E-state index in [1.165, 1.54) is 0 Å². The Hall–Kier alpha value is -0.665. The Balaban J connectivity index is 2.53. The summed E-state index contributed by atoms with van der Waals surface area (Å²) in [4.78, 5) is 13.3. The van der Waals surface area contributed by atoms with Gasteiger partial charge in [0.05, 0.1) is 0 Å². The van der Waals surface area contributed by atoms with Crippen LogP contribution in [0, 0.1) is 0 Å². The predicted octanol–water partition coefficient (Wildman–Crippen LogP) is -1.29. The molecule has 1 fully saturated rings. The molecule has 1 rings (SSSR count). The van der Waals surface area contributed by atoms with Gasteiger partial charge in [0.1, 0.15) is 6.04 Å². The summed E-state index contributed by atoms with van der Waals surface area (Å²) < 4.78 is 0. The molecule has 0 aromatic carbocycles. The lowest BCUT2D eigenvalue weighted by Gasteiger charge is -2.35. The van der Waals surface area contributed by atoms with Crippen molar-refractivity contribution in [2.75, 3.05) is 26.2 Å². The first-order valence-corrected chi connectivity index (χ1v) is 7.31. The molecule has 7 nitrogen and oxygen atoms in total. The first kappa shape index (κ1) is 17.4. The minimum absolute atomic E-state index is 0.194. The van der Waals surface area contributed by atoms with Crippen LogP contribution in [0.1, 0.15) is 25.7 Å². The van der Waals surface area contributed by atoms with Crippen LogP contribution in [-0.2, 0) is 4.79 Å². The molecule has 0 radical (unpaired) electrons. The molecule has 116 valence electrons. The van der Waals surface area contributed by atoms with E-state index in [0.717, 1.165) is 25.9 Å². The van der Waals surface area contributed by atoms with E-state index >= 15 is 0 Å². The Labute approximate surface area is 120 Å². The summed E-state index contributed by atoms with van der Waals surface area (Å²) in [5.41, 5.74) is 5.63. The molecule has 2 atom stereocenters. The van der Waals surface area contributed by atoms with Crippen LogP contribution in [0.2, 0.25) is 6.32 Å². The number of nitrogens with two attached hydrogens (primary N) is 1. The van der Waals surface area contributed by atoms with Crippen molar-refractivity contribution >= 4 is 13.1 Å². The summed E-state index contributed by atoms with van der Waals surface area (Å²) in [5.74, 6) is -0.804. The van der Waals surface area contributed by atoms with E-state index in [1.807, 2.05) is 0 Å². The van der Waals surface area contributed by atoms with Crippen molar-refractivity contribution in [3.63, 3.8) is 0 Å². The van der Waals surface area contributed by atoms with Crippen LogP contribution in [-0.4, -0.2) is 71.4 Å². The van der Waals surface area contributed by atoms with E-state index < -0.39 is 19.1 Å². The highest BCUT2D eigenvalue weighted by Gasteiger charge is 2.25. The molecule has 0 aromatic rings. The molecule has 0 unspecified atom stereocenters. The first-order chi connectivity index (χ1) is 9.54. The van der Waals surface area contributed by atoms with Gasteiger partial charge in [-0.3, -0.25) is 9.69 Å². The lowest BCUT2D eigenvalue weighted by molar-refractivity contribution is -0.140. The van der Waals surface area contributed by atoms with Crippen LogP contribution in [0.4, 0.5) is 0 Å². The monoisotopic (exact) mass is 287 g/mol. The molecule has 1 saturated heterocycles. The molecule has 0 aromatic heterocycles. The molecule has 0 amide bonds. The van der Waals surface area contributed by atoms with Crippen molar-refractivity contribution in [2.45, 2.75) is 44.1 Å². The van der Waals surface area contributed by atoms with Gasteiger partial charge in [0, 0.05) is 25.7 Å². The molecule has 6 N–H and O–H groups in total. The summed E-state index contributed by atoms with van der Waals surface area (Å²) >= 11 is 0. The highest BCUT2D eigenvalue weighted by molar-refractivity contribution is 6.40. The number of nitrogens with zero attached hydrogens (tertiary/aromatic N) is 1. The van der Waals surface area contributed by atoms with Gasteiger partial charge in [-0.15, -0.1) is 0 Å². The lowest BCUT2D eigenvalue weighted by atomic mass is 9.83. The largest absolute Gasteiger partial charge is 0.480 e. The van der Waals surface area contributed by atoms with Crippen molar-refractivity contribution in [3.05, 3.63) is 0 Å². The summed E-state index contributed by atoms with van der Waals surface area (Å²) in [6.45, 7) is 2.79. The second-order valence-corrected chi connectivity index (χ2v) is 5.33. The van der Waals surface area contributed by atoms with Crippen molar-refractivity contribution in [1.29, 1.82) is 0 Å². The molecule has 0 saturated carbocycles. The minimum atomic E-state index is -1.27. The summed E-state index contributed by atoms with van der Waals surface area (Å²) in [5, 5.41) is 30.0. The van der Waals surface area contributed by atoms with Gasteiger partial charge in [-0.1, -0.05) is 6.42 Å². The third-order valence-electron chi connectivity index (χ3n) is 3.77. The highest BCUT2D eigenvalue weighted by Crippen LogP contribution is 2.14. The number of carboxylic acid groups (broad SMARTS) is 1. The molecule has 0 spiro atoms. The number of aliphatic carboxylic acids is 1. The van der Waals surface area contributed by atoms with Crippen LogP contribution >= 0.6 is 0 Å². The number of nitrogens with one attached hydrogen (secondary N) is 1. The zero-order valence-corrected chi connectivity index (χ0v) is 11.9. The first-order valence-electron chi connectivity index (χ1n) is 7.31. The van der Waals surface area contributed by atoms with Gasteiger partial charge in [-0.05, 0) is 32.1 Å². The highest BCUT2D eigenvalue weighted by atomic mass is 16.4. The molecular formula is C12H26BN3O4. The maximum absolute atomic E-state index is 11.1. The van der Waals surface area contributed by atoms with Crippen LogP contribution in [0.5, 0.6) is 0 Å². The molecule has 1 aliphatic heterocycles. The van der Waals surface area contributed by atoms with Crippen LogP contribution in [0.15, 0.2) is 0 Å². The average Bonchev–Trinajstić information content (AvgIpc) is 2.35. The van der Waals surface area contributed by atoms with Crippen molar-refractivity contribution in [3.8, 4) is 0 Å². The Morgan fingerprint density at radius 2 is 2.20 bits per heavy atom. The summed E-state index contributed by atoms with van der Waals surface area (Å²) in [6, 6.07) is -0.291. The topological polar surface area (TPSA) is 119 Å². The molecule has 1 heterocycles. The Bertz CT molecular complexity index is 294. The van der Waals surface area contributed by atoms with Gasteiger partial charge >= 0.3 is 13.1 Å². The molecule has 0 aliphatic carbocycles. The summed E-state index contributed by atoms with van der Waals surface area (Å²) in [7, 11) is -1.27. The van der Waals surface area contributed by atoms with Gasteiger partial charge in [-0.25, -0.2) is 0 Å². The smallest absolute Gasteiger partial charge is 0.451 e. The predicted molar refractivity (Wildman–Crippen MR) is 77.3 cm³/mol. The van der Waals surface area contributed by atoms with E-state index in [1.54, 1.807) is 0 Å². The van der Waals surface area contributed by atoms with Gasteiger partial charge in [0.15, 0.2) is 0 Å². The van der Waals surface area contributed by atoms with E-state index in [-0.39, 0.29) is 6.04 Å². The average molecular weight is 287 g/mol. The number of hydrogen-bond acceptors (Lipinski definition) is 6. The fraction of sp³-hybridized carbons (Fsp3) is 0.917. The SMILES string of the molecule is NCCN1CCC[C@@H](C(=O)O)NC[C@H]1CCCB(O)O. The van der Waals surface area contributed by atoms with E-state index in [0.29, 0.717) is 32.3 Å². The second kappa shape index (κ2) is 9.30. The van der Waals surface area contributed by atoms with Gasteiger partial charge in [0.25, 0.3) is 0 Å². The van der Waals surface area contributed by atoms with Crippen molar-refractivity contribution < 1.29 is 19.9 Å². The Morgan fingerprint density at radius 1 is 1.45 bits per heavy atom. The quantitative estimate of drug-likeness (QED) is 0.369. The fourth-order valence-electron chi connectivity index (χ4n) is 2.68. The maximum atomic E-state index is 11.1. The fourth-order valence-corrected chi connectivity index (χ4v) is 2.68. The molecular weight excluding hydrogens is 261 g/mol. The standard InChI is InChI=1S/C12H26BN3O4/c14-6-8-16-7-2-4-11(12(17)18)15-9-10(16)3-1-5-13(19)20/h10-11,15,19-20H,1-9,14H2,(H,17,18)/t10-,11+/m1/s1. The third kappa shape index (κ3) is 6.19. The zero-order chi connectivity index (χ0) is 15.0. The van der Waals surface area contributed by atoms with Crippen LogP contribution < -0.4 is 11.1 Å². The van der Waals surface area contributed by atoms with Crippen molar-refractivity contribution in [1.82, 2.24) is 10.2 Å².